The minimum Gasteiger partial charge on any atom is -0.133 e. The fraction of sp³-hybridized carbons (Fsp3) is 0.571. The van der Waals surface area contributed by atoms with Crippen molar-refractivity contribution in [3.8, 4) is 0 Å². The Morgan fingerprint density at radius 3 is 2.75 bits per heavy atom. The summed E-state index contributed by atoms with van der Waals surface area (Å²) in [6, 6.07) is 0. The van der Waals surface area contributed by atoms with Crippen LogP contribution in [0.1, 0.15) is 19.3 Å². The van der Waals surface area contributed by atoms with Crippen LogP contribution in [0.15, 0.2) is 18.4 Å². The van der Waals surface area contributed by atoms with Gasteiger partial charge in [-0.15, -0.1) is 17.3 Å². The summed E-state index contributed by atoms with van der Waals surface area (Å²) in [6.07, 6.45) is 5.26. The van der Waals surface area contributed by atoms with E-state index in [9.17, 15) is 0 Å². The van der Waals surface area contributed by atoms with Crippen LogP contribution in [-0.2, 0) is 0 Å². The first-order chi connectivity index (χ1) is 3.91. The number of hydrogen-bond acceptors (Lipinski definition) is 0. The van der Waals surface area contributed by atoms with Crippen LogP contribution in [0.25, 0.3) is 0 Å². The van der Waals surface area contributed by atoms with Crippen molar-refractivity contribution < 1.29 is 0 Å². The Bertz CT molecular complexity index is 80.4. The van der Waals surface area contributed by atoms with Gasteiger partial charge in [0, 0.05) is 5.88 Å². The molecule has 0 aromatic carbocycles. The third kappa shape index (κ3) is 5.81. The summed E-state index contributed by atoms with van der Waals surface area (Å²) in [5.74, 6) is 0.769. The van der Waals surface area contributed by atoms with Crippen LogP contribution in [0.5, 0.6) is 0 Å². The zero-order valence-electron chi connectivity index (χ0n) is 4.99. The van der Waals surface area contributed by atoms with Gasteiger partial charge in [-0.05, 0) is 25.3 Å². The Kier molecular flexibility index (Phi) is 6.65. The molecule has 0 aromatic rings. The Morgan fingerprint density at radius 2 is 2.25 bits per heavy atom. The van der Waals surface area contributed by atoms with Gasteiger partial charge in [0.15, 0.2) is 0 Å². The van der Waals surface area contributed by atoms with Crippen molar-refractivity contribution in [2.45, 2.75) is 19.3 Å². The molecule has 0 N–H and O–H groups in total. The zero-order valence-corrected chi connectivity index (χ0v) is 5.75. The molecule has 0 bridgehead atoms. The number of allylic oxidation sites excluding steroid dienone is 1. The van der Waals surface area contributed by atoms with E-state index in [1.807, 2.05) is 6.08 Å². The first-order valence-electron chi connectivity index (χ1n) is 2.82. The maximum absolute atomic E-state index is 5.43. The molecular weight excluding hydrogens is 120 g/mol. The number of hydrogen-bond donors (Lipinski definition) is 0. The van der Waals surface area contributed by atoms with Crippen LogP contribution in [0.4, 0.5) is 0 Å². The molecule has 8 heavy (non-hydrogen) atoms. The Morgan fingerprint density at radius 1 is 1.50 bits per heavy atom. The number of rotatable bonds is 4. The monoisotopic (exact) mass is 130 g/mol. The molecule has 0 heterocycles. The fourth-order valence-electron chi connectivity index (χ4n) is 0.443. The largest absolute Gasteiger partial charge is 0.133 e. The van der Waals surface area contributed by atoms with E-state index in [0.717, 1.165) is 25.1 Å². The van der Waals surface area contributed by atoms with E-state index < -0.39 is 0 Å². The number of alkyl halides is 1. The van der Waals surface area contributed by atoms with Gasteiger partial charge in [-0.2, -0.15) is 0 Å². The molecule has 0 radical (unpaired) electrons. The van der Waals surface area contributed by atoms with Gasteiger partial charge >= 0.3 is 0 Å². The number of unbranched alkanes of at least 4 members (excludes halogenated alkanes) is 2. The van der Waals surface area contributed by atoms with Gasteiger partial charge < -0.3 is 0 Å². The molecular formula is C7H11Cl. The molecule has 0 unspecified atom stereocenters. The molecule has 0 saturated heterocycles. The highest BCUT2D eigenvalue weighted by Gasteiger charge is 1.79. The molecule has 0 aliphatic carbocycles. The molecule has 0 atom stereocenters. The van der Waals surface area contributed by atoms with E-state index in [0.29, 0.717) is 0 Å². The summed E-state index contributed by atoms with van der Waals surface area (Å²) >= 11 is 5.43. The molecule has 0 spiro atoms. The lowest BCUT2D eigenvalue weighted by Gasteiger charge is -1.86. The van der Waals surface area contributed by atoms with E-state index in [4.69, 9.17) is 11.6 Å². The lowest BCUT2D eigenvalue weighted by molar-refractivity contribution is 0.820. The second kappa shape index (κ2) is 6.81. The van der Waals surface area contributed by atoms with Gasteiger partial charge in [0.05, 0.1) is 0 Å². The van der Waals surface area contributed by atoms with Crippen molar-refractivity contribution in [3.05, 3.63) is 18.4 Å². The quantitative estimate of drug-likeness (QED) is 0.312. The second-order valence-electron chi connectivity index (χ2n) is 1.59. The van der Waals surface area contributed by atoms with Crippen LogP contribution in [-0.4, -0.2) is 5.88 Å². The van der Waals surface area contributed by atoms with Crippen molar-refractivity contribution in [2.24, 2.45) is 0 Å². The Labute approximate surface area is 55.9 Å². The van der Waals surface area contributed by atoms with Crippen LogP contribution in [0, 0.1) is 0 Å². The average Bonchev–Trinajstić information content (AvgIpc) is 1.81. The normalized spacial score (nSPS) is 8.12. The predicted octanol–water partition coefficient (Wildman–Crippen LogP) is 2.74. The van der Waals surface area contributed by atoms with Crippen LogP contribution >= 0.6 is 11.6 Å². The highest BCUT2D eigenvalue weighted by atomic mass is 35.5. The molecule has 0 aliphatic heterocycles. The molecule has 0 fully saturated rings. The number of halogens is 1. The fourth-order valence-corrected chi connectivity index (χ4v) is 0.632. The predicted molar refractivity (Wildman–Crippen MR) is 38.3 cm³/mol. The van der Waals surface area contributed by atoms with Crippen molar-refractivity contribution in [1.82, 2.24) is 0 Å². The molecule has 0 amide bonds. The van der Waals surface area contributed by atoms with Crippen molar-refractivity contribution in [1.29, 1.82) is 0 Å². The van der Waals surface area contributed by atoms with Gasteiger partial charge in [0.2, 0.25) is 0 Å². The van der Waals surface area contributed by atoms with Gasteiger partial charge in [-0.1, -0.05) is 6.58 Å². The summed E-state index contributed by atoms with van der Waals surface area (Å²) in [4.78, 5) is 0. The second-order valence-corrected chi connectivity index (χ2v) is 1.97. The van der Waals surface area contributed by atoms with Gasteiger partial charge in [-0.3, -0.25) is 0 Å². The molecule has 0 saturated carbocycles. The SMILES string of the molecule is C=C=CCCCCCl. The summed E-state index contributed by atoms with van der Waals surface area (Å²) in [5.41, 5.74) is 2.71. The summed E-state index contributed by atoms with van der Waals surface area (Å²) < 4.78 is 0. The molecule has 1 heteroatoms. The van der Waals surface area contributed by atoms with E-state index in [2.05, 4.69) is 12.3 Å². The standard InChI is InChI=1S/C7H11Cl/c1-2-3-4-5-6-7-8/h3H,1,4-7H2. The maximum Gasteiger partial charge on any atom is 0.0223 e. The summed E-state index contributed by atoms with van der Waals surface area (Å²) in [7, 11) is 0. The van der Waals surface area contributed by atoms with Crippen LogP contribution in [0.2, 0.25) is 0 Å². The third-order valence-corrected chi connectivity index (χ3v) is 1.14. The summed E-state index contributed by atoms with van der Waals surface area (Å²) in [5, 5.41) is 0. The summed E-state index contributed by atoms with van der Waals surface area (Å²) in [6.45, 7) is 3.44. The van der Waals surface area contributed by atoms with Crippen molar-refractivity contribution in [3.63, 3.8) is 0 Å². The van der Waals surface area contributed by atoms with E-state index in [1.165, 1.54) is 0 Å². The van der Waals surface area contributed by atoms with E-state index >= 15 is 0 Å². The minimum atomic E-state index is 0.769. The van der Waals surface area contributed by atoms with Crippen LogP contribution in [0.3, 0.4) is 0 Å². The lowest BCUT2D eigenvalue weighted by Crippen LogP contribution is -1.72. The first-order valence-corrected chi connectivity index (χ1v) is 3.35. The molecule has 0 nitrogen and oxygen atoms in total. The van der Waals surface area contributed by atoms with Gasteiger partial charge in [0.1, 0.15) is 0 Å². The van der Waals surface area contributed by atoms with Crippen LogP contribution < -0.4 is 0 Å². The smallest absolute Gasteiger partial charge is 0.0223 e. The minimum absolute atomic E-state index is 0.769. The lowest BCUT2D eigenvalue weighted by atomic mass is 10.2. The van der Waals surface area contributed by atoms with E-state index in [1.54, 1.807) is 0 Å². The zero-order chi connectivity index (χ0) is 6.24. The Balaban J connectivity index is 2.82. The van der Waals surface area contributed by atoms with Crippen molar-refractivity contribution in [2.75, 3.05) is 5.88 Å². The topological polar surface area (TPSA) is 0 Å². The Hall–Kier alpha value is -0.190. The molecule has 0 aromatic heterocycles. The molecule has 0 rings (SSSR count). The third-order valence-electron chi connectivity index (χ3n) is 0.876. The highest BCUT2D eigenvalue weighted by Crippen LogP contribution is 1.96. The molecule has 46 valence electrons. The average molecular weight is 131 g/mol. The van der Waals surface area contributed by atoms with Gasteiger partial charge in [-0.25, -0.2) is 0 Å². The van der Waals surface area contributed by atoms with E-state index in [-0.39, 0.29) is 0 Å². The first kappa shape index (κ1) is 7.81. The molecule has 0 aliphatic rings. The van der Waals surface area contributed by atoms with Crippen molar-refractivity contribution >= 4 is 11.6 Å². The highest BCUT2D eigenvalue weighted by molar-refractivity contribution is 6.17. The van der Waals surface area contributed by atoms with Gasteiger partial charge in [0.25, 0.3) is 0 Å². The maximum atomic E-state index is 5.43.